The highest BCUT2D eigenvalue weighted by Crippen LogP contribution is 2.33. The first kappa shape index (κ1) is 28.8. The molecule has 1 amide bonds. The lowest BCUT2D eigenvalue weighted by Crippen LogP contribution is -2.31. The molecule has 0 saturated heterocycles. The van der Waals surface area contributed by atoms with E-state index in [1.54, 1.807) is 85.6 Å². The molecule has 218 valence electrons. The van der Waals surface area contributed by atoms with E-state index in [9.17, 15) is 13.2 Å². The van der Waals surface area contributed by atoms with Crippen LogP contribution in [0.4, 0.5) is 5.69 Å². The molecule has 11 heteroatoms. The number of carbonyl (C=O) groups is 1. The fourth-order valence-electron chi connectivity index (χ4n) is 4.75. The van der Waals surface area contributed by atoms with Crippen molar-refractivity contribution >= 4 is 43.0 Å². The molecule has 0 spiro atoms. The van der Waals surface area contributed by atoms with E-state index in [1.807, 2.05) is 34.9 Å². The van der Waals surface area contributed by atoms with Crippen LogP contribution in [0.25, 0.3) is 10.1 Å². The highest BCUT2D eigenvalue weighted by Gasteiger charge is 2.27. The van der Waals surface area contributed by atoms with Gasteiger partial charge in [-0.25, -0.2) is 13.4 Å². The number of nitrogens with one attached hydrogen (secondary N) is 1. The number of nitrogens with zero attached hydrogens (tertiary/aromatic N) is 5. The molecule has 6 rings (SSSR count). The number of aromatic nitrogens is 3. The predicted molar refractivity (Wildman–Crippen MR) is 170 cm³/mol. The molecule has 44 heavy (non-hydrogen) atoms. The zero-order valence-electron chi connectivity index (χ0n) is 23.4. The molecule has 0 saturated carbocycles. The number of nitriles is 1. The molecule has 0 aliphatic carbocycles. The Morgan fingerprint density at radius 2 is 1.70 bits per heavy atom. The average Bonchev–Trinajstić information content (AvgIpc) is 3.70. The minimum absolute atomic E-state index is 0.0302. The molecule has 3 aromatic heterocycles. The molecule has 0 atom stereocenters. The van der Waals surface area contributed by atoms with E-state index in [2.05, 4.69) is 21.4 Å². The van der Waals surface area contributed by atoms with E-state index < -0.39 is 10.0 Å². The van der Waals surface area contributed by atoms with Crippen molar-refractivity contribution in [3.8, 4) is 6.07 Å². The number of rotatable bonds is 10. The number of pyridine rings is 1. The third-order valence-electron chi connectivity index (χ3n) is 7.09. The van der Waals surface area contributed by atoms with Gasteiger partial charge in [0.2, 0.25) is 0 Å². The summed E-state index contributed by atoms with van der Waals surface area (Å²) in [4.78, 5) is 21.9. The van der Waals surface area contributed by atoms with E-state index >= 15 is 0 Å². The average molecular weight is 619 g/mol. The highest BCUT2D eigenvalue weighted by atomic mass is 32.2. The Bertz CT molecular complexity index is 2070. The maximum atomic E-state index is 14.1. The number of sulfonamides is 1. The molecule has 0 aliphatic rings. The van der Waals surface area contributed by atoms with Crippen LogP contribution in [0, 0.1) is 11.3 Å². The fourth-order valence-corrected chi connectivity index (χ4v) is 7.16. The number of thiophene rings is 1. The number of hydrogen-bond donors (Lipinski definition) is 1. The number of imidazole rings is 1. The molecule has 0 bridgehead atoms. The lowest BCUT2D eigenvalue weighted by atomic mass is 10.1. The molecular formula is C33H26N6O3S2. The molecule has 3 aromatic carbocycles. The van der Waals surface area contributed by atoms with Crippen molar-refractivity contribution in [3.05, 3.63) is 143 Å². The Kier molecular flexibility index (Phi) is 8.18. The molecule has 0 fully saturated rings. The van der Waals surface area contributed by atoms with Gasteiger partial charge in [0.15, 0.2) is 0 Å². The first-order valence-electron chi connectivity index (χ1n) is 13.7. The number of fused-ring (bicyclic) bond motifs is 1. The Morgan fingerprint density at radius 1 is 0.932 bits per heavy atom. The Labute approximate surface area is 258 Å². The monoisotopic (exact) mass is 618 g/mol. The van der Waals surface area contributed by atoms with Crippen LogP contribution in [-0.4, -0.2) is 28.9 Å². The van der Waals surface area contributed by atoms with Gasteiger partial charge in [-0.15, -0.1) is 11.3 Å². The van der Waals surface area contributed by atoms with Crippen molar-refractivity contribution in [2.45, 2.75) is 24.5 Å². The van der Waals surface area contributed by atoms with Gasteiger partial charge in [0, 0.05) is 36.4 Å². The summed E-state index contributed by atoms with van der Waals surface area (Å²) in [6.45, 7) is 0.865. The minimum Gasteiger partial charge on any atom is -0.347 e. The zero-order chi connectivity index (χ0) is 30.5. The van der Waals surface area contributed by atoms with Gasteiger partial charge in [0.25, 0.3) is 15.9 Å². The van der Waals surface area contributed by atoms with E-state index in [1.165, 1.54) is 15.6 Å². The lowest BCUT2D eigenvalue weighted by Gasteiger charge is -2.25. The molecule has 9 nitrogen and oxygen atoms in total. The summed E-state index contributed by atoms with van der Waals surface area (Å²) in [5.74, 6) is -0.204. The minimum atomic E-state index is -3.97. The van der Waals surface area contributed by atoms with Crippen molar-refractivity contribution in [2.24, 2.45) is 0 Å². The van der Waals surface area contributed by atoms with Gasteiger partial charge in [-0.3, -0.25) is 14.1 Å². The van der Waals surface area contributed by atoms with Crippen molar-refractivity contribution in [1.29, 1.82) is 5.26 Å². The Morgan fingerprint density at radius 3 is 2.45 bits per heavy atom. The van der Waals surface area contributed by atoms with E-state index in [0.29, 0.717) is 34.9 Å². The number of benzene rings is 3. The van der Waals surface area contributed by atoms with Crippen molar-refractivity contribution < 1.29 is 13.2 Å². The molecule has 3 heterocycles. The third-order valence-corrected chi connectivity index (χ3v) is 9.99. The second kappa shape index (κ2) is 12.5. The van der Waals surface area contributed by atoms with Crippen LogP contribution < -0.4 is 9.62 Å². The van der Waals surface area contributed by atoms with Gasteiger partial charge in [0.05, 0.1) is 45.7 Å². The molecule has 0 radical (unpaired) electrons. The van der Waals surface area contributed by atoms with Crippen LogP contribution in [-0.2, 0) is 29.7 Å². The normalized spacial score (nSPS) is 11.2. The number of hydrogen-bond acceptors (Lipinski definition) is 7. The fraction of sp³-hybridized carbons (Fsp3) is 0.0909. The standard InChI is InChI=1S/C33H26N6O3S2/c34-18-24-6-8-26(9-7-24)21-38-23-36-20-29(38)22-39(44(41,42)30-4-2-1-3-5-30)28-10-11-31-27(16-28)17-32(43-31)33(40)37-19-25-12-14-35-15-13-25/h1-17,20,23H,19,21-22H2,(H,37,40). The largest absolute Gasteiger partial charge is 0.347 e. The summed E-state index contributed by atoms with van der Waals surface area (Å²) in [7, 11) is -3.97. The Hall–Kier alpha value is -5.31. The highest BCUT2D eigenvalue weighted by molar-refractivity contribution is 7.92. The van der Waals surface area contributed by atoms with Gasteiger partial charge in [-0.2, -0.15) is 5.26 Å². The van der Waals surface area contributed by atoms with Crippen LogP contribution in [0.1, 0.15) is 32.1 Å². The molecular weight excluding hydrogens is 593 g/mol. The van der Waals surface area contributed by atoms with E-state index in [-0.39, 0.29) is 17.3 Å². The number of amides is 1. The first-order valence-corrected chi connectivity index (χ1v) is 15.9. The Balaban J connectivity index is 1.31. The number of anilines is 1. The van der Waals surface area contributed by atoms with Crippen LogP contribution in [0.5, 0.6) is 0 Å². The van der Waals surface area contributed by atoms with Crippen LogP contribution in [0.2, 0.25) is 0 Å². The molecule has 0 aliphatic heterocycles. The zero-order valence-corrected chi connectivity index (χ0v) is 25.0. The topological polar surface area (TPSA) is 121 Å². The summed E-state index contributed by atoms with van der Waals surface area (Å²) in [6, 6.07) is 28.5. The van der Waals surface area contributed by atoms with Gasteiger partial charge in [-0.1, -0.05) is 30.3 Å². The van der Waals surface area contributed by atoms with Crippen LogP contribution in [0.3, 0.4) is 0 Å². The van der Waals surface area contributed by atoms with Crippen molar-refractivity contribution in [1.82, 2.24) is 19.9 Å². The quantitative estimate of drug-likeness (QED) is 0.209. The second-order valence-corrected chi connectivity index (χ2v) is 13.0. The van der Waals surface area contributed by atoms with Crippen molar-refractivity contribution in [2.75, 3.05) is 4.31 Å². The van der Waals surface area contributed by atoms with E-state index in [0.717, 1.165) is 21.2 Å². The van der Waals surface area contributed by atoms with Gasteiger partial charge >= 0.3 is 0 Å². The smallest absolute Gasteiger partial charge is 0.264 e. The van der Waals surface area contributed by atoms with Crippen LogP contribution in [0.15, 0.2) is 121 Å². The van der Waals surface area contributed by atoms with Crippen molar-refractivity contribution in [3.63, 3.8) is 0 Å². The third kappa shape index (κ3) is 6.22. The van der Waals surface area contributed by atoms with Gasteiger partial charge in [-0.05, 0) is 77.2 Å². The molecule has 0 unspecified atom stereocenters. The van der Waals surface area contributed by atoms with Gasteiger partial charge < -0.3 is 9.88 Å². The summed E-state index contributed by atoms with van der Waals surface area (Å²) in [5, 5.41) is 12.8. The second-order valence-electron chi connectivity index (χ2n) is 10.0. The predicted octanol–water partition coefficient (Wildman–Crippen LogP) is 5.74. The summed E-state index contributed by atoms with van der Waals surface area (Å²) < 4.78 is 32.3. The molecule has 1 N–H and O–H groups in total. The summed E-state index contributed by atoms with van der Waals surface area (Å²) >= 11 is 1.35. The number of carbonyl (C=O) groups excluding carboxylic acids is 1. The maximum absolute atomic E-state index is 14.1. The maximum Gasteiger partial charge on any atom is 0.264 e. The molecule has 6 aromatic rings. The van der Waals surface area contributed by atoms with Crippen LogP contribution >= 0.6 is 11.3 Å². The SMILES string of the molecule is N#Cc1ccc(Cn2cncc2CN(c2ccc3sc(C(=O)NCc4ccncc4)cc3c2)S(=O)(=O)c2ccccc2)cc1. The lowest BCUT2D eigenvalue weighted by molar-refractivity contribution is 0.0955. The van der Waals surface area contributed by atoms with E-state index in [4.69, 9.17) is 5.26 Å². The summed E-state index contributed by atoms with van der Waals surface area (Å²) in [6.07, 6.45) is 6.68. The first-order chi connectivity index (χ1) is 21.4. The van der Waals surface area contributed by atoms with Gasteiger partial charge in [0.1, 0.15) is 0 Å². The summed E-state index contributed by atoms with van der Waals surface area (Å²) in [5.41, 5.74) is 3.62.